The van der Waals surface area contributed by atoms with Gasteiger partial charge in [-0.25, -0.2) is 8.42 Å². The molecule has 0 unspecified atom stereocenters. The lowest BCUT2D eigenvalue weighted by atomic mass is 10.2. The Morgan fingerprint density at radius 3 is 2.60 bits per heavy atom. The minimum Gasteiger partial charge on any atom is -0.468 e. The summed E-state index contributed by atoms with van der Waals surface area (Å²) in [6.45, 7) is 2.07. The van der Waals surface area contributed by atoms with Crippen molar-refractivity contribution >= 4 is 21.6 Å². The molecule has 0 aliphatic heterocycles. The highest BCUT2D eigenvalue weighted by molar-refractivity contribution is 7.89. The summed E-state index contributed by atoms with van der Waals surface area (Å²) in [6, 6.07) is 13.6. The van der Waals surface area contributed by atoms with Crippen LogP contribution < -0.4 is 0 Å². The molecule has 2 aromatic heterocycles. The second kappa shape index (κ2) is 7.39. The van der Waals surface area contributed by atoms with Crippen molar-refractivity contribution in [2.45, 2.75) is 24.9 Å². The van der Waals surface area contributed by atoms with Crippen LogP contribution in [0.3, 0.4) is 0 Å². The maximum absolute atomic E-state index is 13.1. The minimum atomic E-state index is -3.77. The van der Waals surface area contributed by atoms with Crippen LogP contribution in [0.1, 0.15) is 17.0 Å². The van der Waals surface area contributed by atoms with Crippen LogP contribution in [0.5, 0.6) is 0 Å². The first-order valence-corrected chi connectivity index (χ1v) is 9.47. The van der Waals surface area contributed by atoms with Gasteiger partial charge >= 0.3 is 0 Å². The molecule has 0 amide bonds. The van der Waals surface area contributed by atoms with Gasteiger partial charge in [-0.2, -0.15) is 4.31 Å². The van der Waals surface area contributed by atoms with E-state index >= 15 is 0 Å². The predicted octanol–water partition coefficient (Wildman–Crippen LogP) is 4.03. The van der Waals surface area contributed by atoms with Gasteiger partial charge in [0, 0.05) is 11.2 Å². The van der Waals surface area contributed by atoms with Crippen LogP contribution in [-0.4, -0.2) is 17.7 Å². The lowest BCUT2D eigenvalue weighted by molar-refractivity contribution is 0.355. The molecule has 7 heteroatoms. The quantitative estimate of drug-likeness (QED) is 0.651. The molecule has 0 saturated carbocycles. The van der Waals surface area contributed by atoms with E-state index in [1.165, 1.54) is 16.6 Å². The Morgan fingerprint density at radius 1 is 1.12 bits per heavy atom. The second-order valence-corrected chi connectivity index (χ2v) is 7.93. The zero-order valence-corrected chi connectivity index (χ0v) is 15.2. The van der Waals surface area contributed by atoms with Crippen LogP contribution in [-0.2, 0) is 23.1 Å². The van der Waals surface area contributed by atoms with Gasteiger partial charge in [-0.1, -0.05) is 23.7 Å². The monoisotopic (exact) mass is 376 g/mol. The molecule has 0 aliphatic rings. The van der Waals surface area contributed by atoms with Gasteiger partial charge in [0.15, 0.2) is 0 Å². The third kappa shape index (κ3) is 4.10. The van der Waals surface area contributed by atoms with Crippen LogP contribution in [0.25, 0.3) is 0 Å². The van der Waals surface area contributed by atoms with Crippen molar-refractivity contribution in [3.63, 3.8) is 0 Å². The van der Waals surface area contributed by atoms with Gasteiger partial charge in [0.05, 0.1) is 29.9 Å². The highest BCUT2D eigenvalue weighted by Crippen LogP contribution is 2.25. The number of benzene rings is 1. The van der Waals surface area contributed by atoms with Crippen LogP contribution >= 0.6 is 11.6 Å². The van der Waals surface area contributed by atoms with E-state index in [1.54, 1.807) is 42.6 Å². The summed E-state index contributed by atoms with van der Waals surface area (Å²) in [5, 5.41) is 0.414. The number of halogens is 1. The summed E-state index contributed by atoms with van der Waals surface area (Å²) in [5.74, 6) is 0.553. The molecule has 130 valence electrons. The Bertz CT molecular complexity index is 942. The molecule has 0 aliphatic carbocycles. The standard InChI is InChI=1S/C18H17ClN2O3S/c1-14-7-8-17(11-18(14)19)25(22,23)21(13-16-6-4-10-24-16)12-15-5-2-3-9-20-15/h2-11H,12-13H2,1H3. The number of aromatic nitrogens is 1. The van der Waals surface area contributed by atoms with Crippen molar-refractivity contribution in [3.8, 4) is 0 Å². The van der Waals surface area contributed by atoms with E-state index in [1.807, 2.05) is 13.0 Å². The predicted molar refractivity (Wildman–Crippen MR) is 95.6 cm³/mol. The fraction of sp³-hybridized carbons (Fsp3) is 0.167. The largest absolute Gasteiger partial charge is 0.468 e. The number of aryl methyl sites for hydroxylation is 1. The number of rotatable bonds is 6. The maximum atomic E-state index is 13.1. The average molecular weight is 377 g/mol. The molecule has 0 saturated heterocycles. The molecular weight excluding hydrogens is 360 g/mol. The molecule has 0 N–H and O–H groups in total. The normalized spacial score (nSPS) is 11.8. The number of sulfonamides is 1. The Balaban J connectivity index is 1.97. The Morgan fingerprint density at radius 2 is 1.96 bits per heavy atom. The van der Waals surface area contributed by atoms with Gasteiger partial charge in [0.1, 0.15) is 5.76 Å². The zero-order chi connectivity index (χ0) is 17.9. The Hall–Kier alpha value is -2.15. The number of hydrogen-bond donors (Lipinski definition) is 0. The van der Waals surface area contributed by atoms with Crippen LogP contribution in [0, 0.1) is 6.92 Å². The third-order valence-electron chi connectivity index (χ3n) is 3.76. The summed E-state index contributed by atoms with van der Waals surface area (Å²) >= 11 is 6.11. The first-order valence-electron chi connectivity index (χ1n) is 7.65. The van der Waals surface area contributed by atoms with Crippen molar-refractivity contribution in [1.29, 1.82) is 0 Å². The van der Waals surface area contributed by atoms with Gasteiger partial charge in [0.25, 0.3) is 0 Å². The molecular formula is C18H17ClN2O3S. The fourth-order valence-corrected chi connectivity index (χ4v) is 4.01. The van der Waals surface area contributed by atoms with Crippen molar-refractivity contribution in [1.82, 2.24) is 9.29 Å². The van der Waals surface area contributed by atoms with Crippen molar-refractivity contribution in [2.24, 2.45) is 0 Å². The molecule has 5 nitrogen and oxygen atoms in total. The van der Waals surface area contributed by atoms with Crippen LogP contribution in [0.2, 0.25) is 5.02 Å². The topological polar surface area (TPSA) is 63.4 Å². The van der Waals surface area contributed by atoms with E-state index in [9.17, 15) is 8.42 Å². The number of furan rings is 1. The minimum absolute atomic E-state index is 0.109. The van der Waals surface area contributed by atoms with Gasteiger partial charge < -0.3 is 4.42 Å². The summed E-state index contributed by atoms with van der Waals surface area (Å²) in [6.07, 6.45) is 3.15. The van der Waals surface area contributed by atoms with Gasteiger partial charge in [-0.05, 0) is 48.9 Å². The van der Waals surface area contributed by atoms with E-state index in [0.29, 0.717) is 16.5 Å². The molecule has 3 rings (SSSR count). The smallest absolute Gasteiger partial charge is 0.243 e. The van der Waals surface area contributed by atoms with E-state index in [-0.39, 0.29) is 18.0 Å². The molecule has 0 fully saturated rings. The van der Waals surface area contributed by atoms with Crippen molar-refractivity contribution in [3.05, 3.63) is 83.0 Å². The van der Waals surface area contributed by atoms with E-state index in [0.717, 1.165) is 5.56 Å². The van der Waals surface area contributed by atoms with Crippen molar-refractivity contribution < 1.29 is 12.8 Å². The second-order valence-electron chi connectivity index (χ2n) is 5.58. The van der Waals surface area contributed by atoms with E-state index < -0.39 is 10.0 Å². The first kappa shape index (κ1) is 17.7. The lowest BCUT2D eigenvalue weighted by Crippen LogP contribution is -2.30. The SMILES string of the molecule is Cc1ccc(S(=O)(=O)N(Cc2ccccn2)Cc2ccco2)cc1Cl. The summed E-state index contributed by atoms with van der Waals surface area (Å²) < 4.78 is 32.9. The summed E-state index contributed by atoms with van der Waals surface area (Å²) in [5.41, 5.74) is 1.47. The number of pyridine rings is 1. The Labute approximate surface area is 151 Å². The molecule has 0 atom stereocenters. The van der Waals surface area contributed by atoms with Gasteiger partial charge in [0.2, 0.25) is 10.0 Å². The highest BCUT2D eigenvalue weighted by Gasteiger charge is 2.26. The van der Waals surface area contributed by atoms with Crippen molar-refractivity contribution in [2.75, 3.05) is 0 Å². The maximum Gasteiger partial charge on any atom is 0.243 e. The molecule has 1 aromatic carbocycles. The fourth-order valence-electron chi connectivity index (χ4n) is 2.36. The van der Waals surface area contributed by atoms with Gasteiger partial charge in [-0.15, -0.1) is 0 Å². The molecule has 3 aromatic rings. The molecule has 0 radical (unpaired) electrons. The van der Waals surface area contributed by atoms with Crippen LogP contribution in [0.15, 0.2) is 70.3 Å². The average Bonchev–Trinajstić information content (AvgIpc) is 3.11. The lowest BCUT2D eigenvalue weighted by Gasteiger charge is -2.21. The Kier molecular flexibility index (Phi) is 5.22. The number of hydrogen-bond acceptors (Lipinski definition) is 4. The zero-order valence-electron chi connectivity index (χ0n) is 13.6. The third-order valence-corrected chi connectivity index (χ3v) is 5.95. The molecule has 25 heavy (non-hydrogen) atoms. The van der Waals surface area contributed by atoms with E-state index in [4.69, 9.17) is 16.0 Å². The number of nitrogens with zero attached hydrogens (tertiary/aromatic N) is 2. The van der Waals surface area contributed by atoms with Gasteiger partial charge in [-0.3, -0.25) is 4.98 Å². The summed E-state index contributed by atoms with van der Waals surface area (Å²) in [7, 11) is -3.77. The summed E-state index contributed by atoms with van der Waals surface area (Å²) in [4.78, 5) is 4.37. The van der Waals surface area contributed by atoms with Crippen LogP contribution in [0.4, 0.5) is 0 Å². The first-order chi connectivity index (χ1) is 12.0. The highest BCUT2D eigenvalue weighted by atomic mass is 35.5. The molecule has 0 bridgehead atoms. The molecule has 2 heterocycles. The molecule has 0 spiro atoms. The van der Waals surface area contributed by atoms with E-state index in [2.05, 4.69) is 4.98 Å².